The number of allylic oxidation sites excluding steroid dienone is 1. The van der Waals surface area contributed by atoms with Gasteiger partial charge >= 0.3 is 12.1 Å². The van der Waals surface area contributed by atoms with Crippen LogP contribution in [-0.2, 0) is 43.1 Å². The second-order valence-corrected chi connectivity index (χ2v) is 27.9. The summed E-state index contributed by atoms with van der Waals surface area (Å²) in [4.78, 5) is 123. The van der Waals surface area contributed by atoms with E-state index in [1.165, 1.54) is 22.2 Å². The molecule has 26 heteroatoms. The fourth-order valence-corrected chi connectivity index (χ4v) is 10.8. The summed E-state index contributed by atoms with van der Waals surface area (Å²) in [6.07, 6.45) is 5.09. The number of carboxylic acids is 1. The summed E-state index contributed by atoms with van der Waals surface area (Å²) in [6.45, 7) is 30.4. The van der Waals surface area contributed by atoms with Crippen molar-refractivity contribution in [1.82, 2.24) is 57.4 Å². The SMILES string of the molecule is C=CC(C)(CCO)C(=O)C[C@H](C(=O)O)C(C)C.C=CC(C)(CCO)C(=O)N[C@H](C(=O)N[C@@H](C)C(=O)N1CCC[C@@H](C(=O)N[C@H](C)c2ccc3ccc(Br)cc3n2)N1)C(C)C.C[C@H](NC(=O)OC(C)(C)C)C(=O)N1CCC[C@@H](C(=O)N[C@H](C)c2ccc3ccc(Br)cc3n2)N1. The largest absolute Gasteiger partial charge is 0.481 e. The fourth-order valence-electron chi connectivity index (χ4n) is 10.1. The summed E-state index contributed by atoms with van der Waals surface area (Å²) in [5.74, 6) is -4.32. The molecule has 10 N–H and O–H groups in total. The number of halogens is 2. The topological polar surface area (TPSA) is 340 Å². The summed E-state index contributed by atoms with van der Waals surface area (Å²) in [5.41, 5.74) is 6.60. The van der Waals surface area contributed by atoms with Crippen molar-refractivity contribution in [2.75, 3.05) is 26.3 Å². The molecule has 2 aliphatic heterocycles. The molecule has 0 spiro atoms. The Balaban J connectivity index is 0.000000328. The number of rotatable bonds is 25. The highest BCUT2D eigenvalue weighted by Gasteiger charge is 2.38. The summed E-state index contributed by atoms with van der Waals surface area (Å²) >= 11 is 6.92. The number of fused-ring (bicyclic) bond motifs is 2. The third-order valence-electron chi connectivity index (χ3n) is 16.4. The number of aliphatic carboxylic acids is 1. The lowest BCUT2D eigenvalue weighted by Gasteiger charge is -2.35. The molecule has 0 saturated carbocycles. The molecule has 2 saturated heterocycles. The van der Waals surface area contributed by atoms with E-state index in [-0.39, 0.29) is 79.9 Å². The number of carbonyl (C=O) groups is 9. The van der Waals surface area contributed by atoms with Gasteiger partial charge in [0.25, 0.3) is 11.8 Å². The van der Waals surface area contributed by atoms with Gasteiger partial charge in [-0.15, -0.1) is 13.2 Å². The van der Waals surface area contributed by atoms with E-state index in [0.717, 1.165) is 42.1 Å². The Morgan fingerprint density at radius 2 is 1.05 bits per heavy atom. The number of nitrogens with one attached hydrogen (secondary N) is 7. The zero-order valence-corrected chi connectivity index (χ0v) is 59.5. The molecular weight excluding hydrogens is 1340 g/mol. The van der Waals surface area contributed by atoms with Crippen LogP contribution in [0.4, 0.5) is 4.79 Å². The maximum absolute atomic E-state index is 13.3. The van der Waals surface area contributed by atoms with Crippen LogP contribution in [0, 0.1) is 28.6 Å². The van der Waals surface area contributed by atoms with Gasteiger partial charge in [0.15, 0.2) is 0 Å². The maximum Gasteiger partial charge on any atom is 0.408 e. The minimum absolute atomic E-state index is 0.0183. The fraction of sp³-hybridized carbons (Fsp3) is 0.544. The first-order valence-electron chi connectivity index (χ1n) is 31.7. The minimum Gasteiger partial charge on any atom is -0.481 e. The highest BCUT2D eigenvalue weighted by atomic mass is 79.9. The molecule has 4 aromatic rings. The highest BCUT2D eigenvalue weighted by molar-refractivity contribution is 9.10. The predicted octanol–water partition coefficient (Wildman–Crippen LogP) is 8.35. The summed E-state index contributed by atoms with van der Waals surface area (Å²) in [7, 11) is 0. The number of ether oxygens (including phenoxy) is 1. The molecule has 4 heterocycles. The van der Waals surface area contributed by atoms with Crippen molar-refractivity contribution in [3.63, 3.8) is 0 Å². The lowest BCUT2D eigenvalue weighted by Crippen LogP contribution is -2.62. The highest BCUT2D eigenvalue weighted by Crippen LogP contribution is 2.30. The first-order valence-corrected chi connectivity index (χ1v) is 33.3. The van der Waals surface area contributed by atoms with E-state index in [1.807, 2.05) is 74.5 Å². The molecule has 24 nitrogen and oxygen atoms in total. The Morgan fingerprint density at radius 3 is 1.45 bits per heavy atom. The third-order valence-corrected chi connectivity index (χ3v) is 17.4. The zero-order valence-electron chi connectivity index (χ0n) is 56.4. The molecule has 2 unspecified atom stereocenters. The number of Topliss-reactive ketones (excluding diaryl/α,β-unsaturated/α-hetero) is 1. The van der Waals surface area contributed by atoms with Gasteiger partial charge in [-0.3, -0.25) is 58.3 Å². The number of carboxylic acid groups (broad SMARTS) is 1. The van der Waals surface area contributed by atoms with Gasteiger partial charge in [-0.05, 0) is 149 Å². The van der Waals surface area contributed by atoms with E-state index in [2.05, 4.69) is 92.4 Å². The number of alkyl carbamates (subject to hydrolysis) is 1. The second-order valence-electron chi connectivity index (χ2n) is 26.0. The molecule has 7 amide bonds. The number of benzene rings is 2. The average Bonchev–Trinajstić information content (AvgIpc) is 0.874. The van der Waals surface area contributed by atoms with E-state index >= 15 is 0 Å². The summed E-state index contributed by atoms with van der Waals surface area (Å²) < 4.78 is 7.07. The Bertz CT molecular complexity index is 3350. The molecule has 2 aromatic heterocycles. The number of aliphatic hydroxyl groups excluding tert-OH is 2. The standard InChI is InChI=1S/C31H43BrN6O5.C24H32BrN5O4.C13H22O4/c1-7-31(6,14-16-39)30(43)36-26(18(2)3)28(41)34-20(5)29(42)38-15-8-9-24(37-38)27(40)33-19(4)23-13-11-21-10-12-22(32)17-25(21)35-23;1-14(18-11-9-16-8-10-17(25)13-20(16)28-18)26-21(31)19-7-6-12-30(29-19)22(32)15(2)27-23(33)34-24(3,4)5;1-5-13(4,6-7-14)11(15)8-10(9(2)3)12(16)17/h7,10-13,17-20,24,26,37,39H,1,8-9,14-16H2,2-6H3,(H,33,40)(H,34,41)(H,36,43);8-11,13-15,19,29H,6-7,12H2,1-5H3,(H,26,31)(H,27,33);5,9-10,14H,1,6-8H2,2-4H3,(H,16,17)/t19-,20+,24+,26+,31?;14-,15+,19+;10-,13?/m110/s1. The van der Waals surface area contributed by atoms with Gasteiger partial charge in [-0.1, -0.05) is 96.0 Å². The summed E-state index contributed by atoms with van der Waals surface area (Å²) in [5, 5.41) is 46.1. The molecule has 516 valence electrons. The molecule has 2 aliphatic rings. The van der Waals surface area contributed by atoms with Gasteiger partial charge < -0.3 is 46.6 Å². The number of amides is 7. The Labute approximate surface area is 568 Å². The van der Waals surface area contributed by atoms with E-state index in [4.69, 9.17) is 14.9 Å². The molecule has 0 bridgehead atoms. The molecule has 0 aliphatic carbocycles. The number of carbonyl (C=O) groups excluding carboxylic acids is 8. The van der Waals surface area contributed by atoms with Crippen LogP contribution in [0.15, 0.2) is 94.9 Å². The van der Waals surface area contributed by atoms with Gasteiger partial charge in [0, 0.05) is 57.9 Å². The molecule has 10 atom stereocenters. The molecule has 6 rings (SSSR count). The van der Waals surface area contributed by atoms with Crippen molar-refractivity contribution in [3.8, 4) is 0 Å². The Morgan fingerprint density at radius 1 is 0.628 bits per heavy atom. The van der Waals surface area contributed by atoms with Crippen LogP contribution in [0.3, 0.4) is 0 Å². The van der Waals surface area contributed by atoms with Gasteiger partial charge in [0.1, 0.15) is 41.6 Å². The molecule has 2 aromatic carbocycles. The van der Waals surface area contributed by atoms with Crippen LogP contribution >= 0.6 is 31.9 Å². The van der Waals surface area contributed by atoms with Gasteiger partial charge in [-0.2, -0.15) is 0 Å². The van der Waals surface area contributed by atoms with E-state index in [9.17, 15) is 48.3 Å². The van der Waals surface area contributed by atoms with Crippen molar-refractivity contribution in [1.29, 1.82) is 0 Å². The monoisotopic (exact) mass is 1430 g/mol. The Kier molecular flexibility index (Phi) is 30.4. The first-order chi connectivity index (χ1) is 44.0. The predicted molar refractivity (Wildman–Crippen MR) is 367 cm³/mol. The number of pyridine rings is 2. The summed E-state index contributed by atoms with van der Waals surface area (Å²) in [6, 6.07) is 15.0. The number of aromatic nitrogens is 2. The van der Waals surface area contributed by atoms with E-state index in [1.54, 1.807) is 76.2 Å². The van der Waals surface area contributed by atoms with Crippen LogP contribution < -0.4 is 37.4 Å². The van der Waals surface area contributed by atoms with E-state index < -0.39 is 82.3 Å². The number of hydrogen-bond donors (Lipinski definition) is 10. The second kappa shape index (κ2) is 36.0. The Hall–Kier alpha value is -7.23. The van der Waals surface area contributed by atoms with Crippen molar-refractivity contribution >= 4 is 107 Å². The van der Waals surface area contributed by atoms with Gasteiger partial charge in [-0.25, -0.2) is 15.6 Å². The van der Waals surface area contributed by atoms with Crippen LogP contribution in [0.25, 0.3) is 21.8 Å². The molecule has 0 radical (unpaired) electrons. The van der Waals surface area contributed by atoms with E-state index in [0.29, 0.717) is 38.8 Å². The molecule has 2 fully saturated rings. The third kappa shape index (κ3) is 23.3. The number of nitrogens with zero attached hydrogens (tertiary/aromatic N) is 4. The van der Waals surface area contributed by atoms with Crippen LogP contribution in [0.5, 0.6) is 0 Å². The smallest absolute Gasteiger partial charge is 0.408 e. The molecular formula is C68H97Br2N11O13. The number of hydrazine groups is 2. The van der Waals surface area contributed by atoms with Crippen molar-refractivity contribution in [2.24, 2.45) is 28.6 Å². The number of aliphatic hydroxyl groups is 2. The number of ketones is 1. The van der Waals surface area contributed by atoms with Crippen LogP contribution in [0.2, 0.25) is 0 Å². The lowest BCUT2D eigenvalue weighted by molar-refractivity contribution is -0.146. The first kappa shape index (κ1) is 79.2. The average molecular weight is 1440 g/mol. The quantitative estimate of drug-likeness (QED) is 0.0279. The number of hydrogen-bond acceptors (Lipinski definition) is 16. The van der Waals surface area contributed by atoms with Crippen molar-refractivity contribution < 1.29 is 63.2 Å². The van der Waals surface area contributed by atoms with Crippen LogP contribution in [0.1, 0.15) is 158 Å². The minimum atomic E-state index is -1.05. The van der Waals surface area contributed by atoms with Gasteiger partial charge in [0.05, 0.1) is 45.8 Å². The lowest BCUT2D eigenvalue weighted by atomic mass is 9.77. The molecule has 94 heavy (non-hydrogen) atoms. The zero-order chi connectivity index (χ0) is 70.6. The maximum atomic E-state index is 13.3. The normalized spacial score (nSPS) is 18.1. The van der Waals surface area contributed by atoms with Gasteiger partial charge in [0.2, 0.25) is 23.6 Å². The van der Waals surface area contributed by atoms with Crippen molar-refractivity contribution in [2.45, 2.75) is 183 Å². The van der Waals surface area contributed by atoms with Crippen molar-refractivity contribution in [3.05, 3.63) is 106 Å². The van der Waals surface area contributed by atoms with Crippen LogP contribution in [-0.4, -0.2) is 151 Å².